The second-order valence-corrected chi connectivity index (χ2v) is 4.25. The Morgan fingerprint density at radius 2 is 2.12 bits per heavy atom. The van der Waals surface area contributed by atoms with Crippen molar-refractivity contribution in [2.24, 2.45) is 0 Å². The molecule has 0 saturated heterocycles. The molecule has 3 nitrogen and oxygen atoms in total. The third-order valence-electron chi connectivity index (χ3n) is 2.53. The molecule has 1 unspecified atom stereocenters. The summed E-state index contributed by atoms with van der Waals surface area (Å²) in [5.41, 5.74) is 0.935. The standard InChI is InChI=1S/C12H17ClFNO2/c13-11-7-9(1-2-12(11)14)3-5-15-10(8-17)4-6-16/h1-2,7,10,15-17H,3-6,8H2. The Morgan fingerprint density at radius 3 is 2.71 bits per heavy atom. The molecule has 1 aromatic carbocycles. The molecule has 5 heteroatoms. The van der Waals surface area contributed by atoms with Crippen molar-refractivity contribution in [3.8, 4) is 0 Å². The maximum Gasteiger partial charge on any atom is 0.141 e. The minimum absolute atomic E-state index is 0.00919. The van der Waals surface area contributed by atoms with Crippen LogP contribution in [0.3, 0.4) is 0 Å². The van der Waals surface area contributed by atoms with Gasteiger partial charge >= 0.3 is 0 Å². The first kappa shape index (κ1) is 14.4. The fraction of sp³-hybridized carbons (Fsp3) is 0.500. The van der Waals surface area contributed by atoms with Crippen molar-refractivity contribution in [3.05, 3.63) is 34.6 Å². The minimum Gasteiger partial charge on any atom is -0.396 e. The number of hydrogen-bond acceptors (Lipinski definition) is 3. The number of rotatable bonds is 7. The molecule has 0 aliphatic rings. The number of aliphatic hydroxyl groups is 2. The highest BCUT2D eigenvalue weighted by molar-refractivity contribution is 6.30. The van der Waals surface area contributed by atoms with Gasteiger partial charge in [0, 0.05) is 12.6 Å². The molecular formula is C12H17ClFNO2. The Morgan fingerprint density at radius 1 is 1.35 bits per heavy atom. The van der Waals surface area contributed by atoms with Gasteiger partial charge in [-0.2, -0.15) is 0 Å². The second-order valence-electron chi connectivity index (χ2n) is 3.84. The molecule has 0 bridgehead atoms. The van der Waals surface area contributed by atoms with Crippen molar-refractivity contribution in [1.82, 2.24) is 5.32 Å². The van der Waals surface area contributed by atoms with E-state index >= 15 is 0 Å². The molecular weight excluding hydrogens is 245 g/mol. The van der Waals surface area contributed by atoms with Crippen LogP contribution in [0.25, 0.3) is 0 Å². The van der Waals surface area contributed by atoms with Crippen LogP contribution in [-0.4, -0.2) is 36.0 Å². The smallest absolute Gasteiger partial charge is 0.141 e. The monoisotopic (exact) mass is 261 g/mol. The minimum atomic E-state index is -0.420. The van der Waals surface area contributed by atoms with E-state index in [4.69, 9.17) is 21.8 Å². The number of halogens is 2. The van der Waals surface area contributed by atoms with E-state index < -0.39 is 5.82 Å². The molecule has 0 spiro atoms. The van der Waals surface area contributed by atoms with E-state index in [0.717, 1.165) is 5.56 Å². The predicted molar refractivity (Wildman–Crippen MR) is 65.7 cm³/mol. The van der Waals surface area contributed by atoms with E-state index in [2.05, 4.69) is 5.32 Å². The summed E-state index contributed by atoms with van der Waals surface area (Å²) in [6.07, 6.45) is 1.21. The summed E-state index contributed by atoms with van der Waals surface area (Å²) in [4.78, 5) is 0. The molecule has 0 amide bonds. The number of benzene rings is 1. The van der Waals surface area contributed by atoms with Gasteiger partial charge in [0.05, 0.1) is 11.6 Å². The van der Waals surface area contributed by atoms with E-state index in [1.165, 1.54) is 6.07 Å². The van der Waals surface area contributed by atoms with Crippen molar-refractivity contribution in [3.63, 3.8) is 0 Å². The first-order valence-electron chi connectivity index (χ1n) is 5.56. The SMILES string of the molecule is OCCC(CO)NCCc1ccc(F)c(Cl)c1. The van der Waals surface area contributed by atoms with E-state index in [9.17, 15) is 4.39 Å². The lowest BCUT2D eigenvalue weighted by Crippen LogP contribution is -2.34. The first-order chi connectivity index (χ1) is 8.17. The Hall–Kier alpha value is -0.680. The van der Waals surface area contributed by atoms with E-state index in [1.807, 2.05) is 0 Å². The number of aliphatic hydroxyl groups excluding tert-OH is 2. The summed E-state index contributed by atoms with van der Waals surface area (Å²) in [5, 5.41) is 21.0. The quantitative estimate of drug-likeness (QED) is 0.695. The van der Waals surface area contributed by atoms with Gasteiger partial charge in [0.1, 0.15) is 5.82 Å². The Kier molecular flexibility index (Phi) is 6.44. The summed E-state index contributed by atoms with van der Waals surface area (Å²) in [6.45, 7) is 0.679. The molecule has 1 rings (SSSR count). The largest absolute Gasteiger partial charge is 0.396 e. The molecule has 1 aromatic rings. The van der Waals surface area contributed by atoms with E-state index in [0.29, 0.717) is 19.4 Å². The van der Waals surface area contributed by atoms with Crippen LogP contribution in [0.15, 0.2) is 18.2 Å². The van der Waals surface area contributed by atoms with E-state index in [1.54, 1.807) is 12.1 Å². The second kappa shape index (κ2) is 7.61. The van der Waals surface area contributed by atoms with Crippen molar-refractivity contribution in [2.75, 3.05) is 19.8 Å². The predicted octanol–water partition coefficient (Wildman–Crippen LogP) is 1.35. The van der Waals surface area contributed by atoms with Gasteiger partial charge in [-0.3, -0.25) is 0 Å². The summed E-state index contributed by atoms with van der Waals surface area (Å²) in [7, 11) is 0. The summed E-state index contributed by atoms with van der Waals surface area (Å²) >= 11 is 5.66. The first-order valence-corrected chi connectivity index (χ1v) is 5.94. The van der Waals surface area contributed by atoms with Crippen molar-refractivity contribution < 1.29 is 14.6 Å². The van der Waals surface area contributed by atoms with Gasteiger partial charge in [-0.15, -0.1) is 0 Å². The van der Waals surface area contributed by atoms with Gasteiger partial charge in [-0.25, -0.2) is 4.39 Å². The topological polar surface area (TPSA) is 52.5 Å². The van der Waals surface area contributed by atoms with Crippen LogP contribution in [0, 0.1) is 5.82 Å². The number of hydrogen-bond donors (Lipinski definition) is 3. The Balaban J connectivity index is 2.37. The molecule has 3 N–H and O–H groups in total. The fourth-order valence-electron chi connectivity index (χ4n) is 1.53. The van der Waals surface area contributed by atoms with Gasteiger partial charge in [0.15, 0.2) is 0 Å². The summed E-state index contributed by atoms with van der Waals surface area (Å²) < 4.78 is 12.9. The maximum absolute atomic E-state index is 12.9. The molecule has 0 heterocycles. The van der Waals surface area contributed by atoms with Gasteiger partial charge in [0.2, 0.25) is 0 Å². The van der Waals surface area contributed by atoms with Gasteiger partial charge in [-0.05, 0) is 37.1 Å². The summed E-state index contributed by atoms with van der Waals surface area (Å²) in [5.74, 6) is -0.420. The van der Waals surface area contributed by atoms with Crippen molar-refractivity contribution >= 4 is 11.6 Å². The third kappa shape index (κ3) is 5.00. The van der Waals surface area contributed by atoms with Crippen LogP contribution in [0.2, 0.25) is 5.02 Å². The maximum atomic E-state index is 12.9. The third-order valence-corrected chi connectivity index (χ3v) is 2.82. The van der Waals surface area contributed by atoms with Crippen LogP contribution in [0.4, 0.5) is 4.39 Å². The van der Waals surface area contributed by atoms with Crippen LogP contribution in [0.1, 0.15) is 12.0 Å². The molecule has 0 fully saturated rings. The lowest BCUT2D eigenvalue weighted by molar-refractivity contribution is 0.201. The van der Waals surface area contributed by atoms with Crippen LogP contribution >= 0.6 is 11.6 Å². The van der Waals surface area contributed by atoms with Gasteiger partial charge in [-0.1, -0.05) is 17.7 Å². The molecule has 0 radical (unpaired) electrons. The summed E-state index contributed by atoms with van der Waals surface area (Å²) in [6, 6.07) is 4.52. The molecule has 96 valence electrons. The molecule has 17 heavy (non-hydrogen) atoms. The average molecular weight is 262 g/mol. The van der Waals surface area contributed by atoms with Gasteiger partial charge in [0.25, 0.3) is 0 Å². The van der Waals surface area contributed by atoms with Crippen molar-refractivity contribution in [2.45, 2.75) is 18.9 Å². The van der Waals surface area contributed by atoms with Crippen LogP contribution < -0.4 is 5.32 Å². The fourth-order valence-corrected chi connectivity index (χ4v) is 1.73. The normalized spacial score (nSPS) is 12.7. The van der Waals surface area contributed by atoms with E-state index in [-0.39, 0.29) is 24.3 Å². The molecule has 0 aliphatic carbocycles. The van der Waals surface area contributed by atoms with Crippen LogP contribution in [0.5, 0.6) is 0 Å². The lowest BCUT2D eigenvalue weighted by atomic mass is 10.1. The highest BCUT2D eigenvalue weighted by atomic mass is 35.5. The van der Waals surface area contributed by atoms with Gasteiger partial charge < -0.3 is 15.5 Å². The highest BCUT2D eigenvalue weighted by Gasteiger charge is 2.06. The zero-order valence-electron chi connectivity index (χ0n) is 9.50. The zero-order valence-corrected chi connectivity index (χ0v) is 10.3. The average Bonchev–Trinajstić information content (AvgIpc) is 2.32. The Labute approximate surface area is 105 Å². The zero-order chi connectivity index (χ0) is 12.7. The molecule has 0 aromatic heterocycles. The Bertz CT molecular complexity index is 349. The highest BCUT2D eigenvalue weighted by Crippen LogP contribution is 2.16. The van der Waals surface area contributed by atoms with Crippen LogP contribution in [-0.2, 0) is 6.42 Å². The lowest BCUT2D eigenvalue weighted by Gasteiger charge is -2.14. The molecule has 1 atom stereocenters. The molecule has 0 saturated carbocycles. The van der Waals surface area contributed by atoms with Crippen molar-refractivity contribution in [1.29, 1.82) is 0 Å². The number of nitrogens with one attached hydrogen (secondary N) is 1. The molecule has 0 aliphatic heterocycles.